The van der Waals surface area contributed by atoms with E-state index in [0.29, 0.717) is 5.92 Å². The Hall–Kier alpha value is -1.38. The highest BCUT2D eigenvalue weighted by Gasteiger charge is 2.30. The zero-order valence-corrected chi connectivity index (χ0v) is 15.4. The maximum atomic E-state index is 6.05. The highest BCUT2D eigenvalue weighted by molar-refractivity contribution is 5.98. The Kier molecular flexibility index (Phi) is 5.77. The predicted octanol–water partition coefficient (Wildman–Crippen LogP) is 4.06. The van der Waals surface area contributed by atoms with Crippen LogP contribution in [-0.2, 0) is 4.43 Å². The topological polar surface area (TPSA) is 9.23 Å². The number of hydrogen-bond acceptors (Lipinski definition) is 1. The first kappa shape index (κ1) is 16.0. The van der Waals surface area contributed by atoms with Gasteiger partial charge in [-0.2, -0.15) is 0 Å². The van der Waals surface area contributed by atoms with Crippen molar-refractivity contribution in [2.75, 3.05) is 0 Å². The van der Waals surface area contributed by atoms with E-state index in [1.165, 1.54) is 11.1 Å². The summed E-state index contributed by atoms with van der Waals surface area (Å²) >= 11 is 0. The van der Waals surface area contributed by atoms with Crippen LogP contribution in [0.5, 0.6) is 0 Å². The lowest BCUT2D eigenvalue weighted by Crippen LogP contribution is -2.32. The largest absolute Gasteiger partial charge is 0.422 e. The predicted molar refractivity (Wildman–Crippen MR) is 93.7 cm³/mol. The lowest BCUT2D eigenvalue weighted by molar-refractivity contribution is 0.0568. The molecule has 0 fully saturated rings. The van der Waals surface area contributed by atoms with Crippen molar-refractivity contribution in [1.29, 1.82) is 0 Å². The van der Waals surface area contributed by atoms with Crippen LogP contribution in [0.3, 0.4) is 0 Å². The Morgan fingerprint density at radius 1 is 0.857 bits per heavy atom. The third-order valence-electron chi connectivity index (χ3n) is 4.70. The van der Waals surface area contributed by atoms with E-state index in [4.69, 9.17) is 4.43 Å². The van der Waals surface area contributed by atoms with Gasteiger partial charge in [0.25, 0.3) is 0 Å². The van der Waals surface area contributed by atoms with Crippen LogP contribution in [0.4, 0.5) is 0 Å². The highest BCUT2D eigenvalue weighted by atomic mass is 28.2. The highest BCUT2D eigenvalue weighted by Crippen LogP contribution is 2.37. The van der Waals surface area contributed by atoms with Gasteiger partial charge in [0.1, 0.15) is 10.5 Å². The van der Waals surface area contributed by atoms with Crippen LogP contribution in [0, 0.1) is 0 Å². The van der Waals surface area contributed by atoms with Crippen LogP contribution in [0.1, 0.15) is 50.2 Å². The van der Waals surface area contributed by atoms with E-state index in [9.17, 15) is 0 Å². The molecule has 0 amide bonds. The maximum absolute atomic E-state index is 6.05. The summed E-state index contributed by atoms with van der Waals surface area (Å²) in [5, 5.41) is 0. The SMILES string of the molecule is CCC(CC)(CC(c1ccccc1)c1ccccc1)O[SiH3]. The zero-order valence-electron chi connectivity index (χ0n) is 13.4. The Morgan fingerprint density at radius 2 is 1.29 bits per heavy atom. The molecule has 0 aromatic heterocycles. The molecule has 2 aromatic rings. The minimum atomic E-state index is 0.0164. The van der Waals surface area contributed by atoms with Gasteiger partial charge in [0.2, 0.25) is 0 Å². The first-order valence-electron chi connectivity index (χ1n) is 7.89. The molecular formula is C19H26OSi. The molecule has 0 spiro atoms. The minimum Gasteiger partial charge on any atom is -0.422 e. The summed E-state index contributed by atoms with van der Waals surface area (Å²) in [4.78, 5) is 0. The third kappa shape index (κ3) is 3.83. The van der Waals surface area contributed by atoms with Crippen molar-refractivity contribution in [3.8, 4) is 0 Å². The molecule has 0 unspecified atom stereocenters. The standard InChI is InChI=1S/C19H26OSi/c1-3-19(4-2,20-21)15-18(16-11-7-5-8-12-16)17-13-9-6-10-14-17/h5-14,18H,3-4,15H2,1-2,21H3. The monoisotopic (exact) mass is 298 g/mol. The van der Waals surface area contributed by atoms with Crippen molar-refractivity contribution in [3.63, 3.8) is 0 Å². The van der Waals surface area contributed by atoms with Crippen molar-refractivity contribution in [1.82, 2.24) is 0 Å². The van der Waals surface area contributed by atoms with E-state index < -0.39 is 0 Å². The molecule has 2 rings (SSSR count). The van der Waals surface area contributed by atoms with E-state index >= 15 is 0 Å². The van der Waals surface area contributed by atoms with Gasteiger partial charge in [-0.3, -0.25) is 0 Å². The average Bonchev–Trinajstić information content (AvgIpc) is 2.58. The van der Waals surface area contributed by atoms with Crippen molar-refractivity contribution < 1.29 is 4.43 Å². The van der Waals surface area contributed by atoms with Gasteiger partial charge in [-0.25, -0.2) is 0 Å². The third-order valence-corrected chi connectivity index (χ3v) is 5.57. The summed E-state index contributed by atoms with van der Waals surface area (Å²) in [6.45, 7) is 4.49. The molecule has 2 aromatic carbocycles. The van der Waals surface area contributed by atoms with E-state index in [2.05, 4.69) is 74.5 Å². The summed E-state index contributed by atoms with van der Waals surface area (Å²) in [6, 6.07) is 21.6. The lowest BCUT2D eigenvalue weighted by atomic mass is 9.79. The molecule has 21 heavy (non-hydrogen) atoms. The average molecular weight is 299 g/mol. The molecule has 0 radical (unpaired) electrons. The Labute approximate surface area is 131 Å². The summed E-state index contributed by atoms with van der Waals surface area (Å²) in [5.41, 5.74) is 2.78. The van der Waals surface area contributed by atoms with Gasteiger partial charge in [-0.05, 0) is 30.4 Å². The molecule has 0 atom stereocenters. The van der Waals surface area contributed by atoms with Crippen LogP contribution < -0.4 is 0 Å². The molecule has 0 N–H and O–H groups in total. The second-order valence-electron chi connectivity index (χ2n) is 5.67. The molecule has 0 saturated carbocycles. The second-order valence-corrected chi connectivity index (χ2v) is 6.08. The fourth-order valence-corrected chi connectivity index (χ4v) is 3.83. The van der Waals surface area contributed by atoms with Crippen LogP contribution >= 0.6 is 0 Å². The Bertz CT molecular complexity index is 472. The number of hydrogen-bond donors (Lipinski definition) is 0. The van der Waals surface area contributed by atoms with E-state index in [-0.39, 0.29) is 5.60 Å². The first-order valence-corrected chi connectivity index (χ1v) is 8.71. The second kappa shape index (κ2) is 7.58. The molecule has 112 valence electrons. The molecule has 0 heterocycles. The van der Waals surface area contributed by atoms with Crippen molar-refractivity contribution in [2.45, 2.75) is 44.6 Å². The van der Waals surface area contributed by atoms with Gasteiger partial charge in [-0.15, -0.1) is 0 Å². The van der Waals surface area contributed by atoms with Crippen molar-refractivity contribution in [3.05, 3.63) is 71.8 Å². The van der Waals surface area contributed by atoms with Crippen LogP contribution in [0.15, 0.2) is 60.7 Å². The quantitative estimate of drug-likeness (QED) is 0.700. The molecular weight excluding hydrogens is 272 g/mol. The van der Waals surface area contributed by atoms with Gasteiger partial charge in [0.05, 0.1) is 5.60 Å². The van der Waals surface area contributed by atoms with E-state index in [1.807, 2.05) is 0 Å². The summed E-state index contributed by atoms with van der Waals surface area (Å²) in [7, 11) is 0.796. The van der Waals surface area contributed by atoms with Gasteiger partial charge >= 0.3 is 0 Å². The smallest absolute Gasteiger partial charge is 0.146 e. The molecule has 1 nitrogen and oxygen atoms in total. The van der Waals surface area contributed by atoms with Crippen LogP contribution in [0.25, 0.3) is 0 Å². The summed E-state index contributed by atoms with van der Waals surface area (Å²) in [5.74, 6) is 0.404. The summed E-state index contributed by atoms with van der Waals surface area (Å²) in [6.07, 6.45) is 3.20. The molecule has 0 saturated heterocycles. The van der Waals surface area contributed by atoms with E-state index in [0.717, 1.165) is 29.7 Å². The molecule has 0 aliphatic heterocycles. The Morgan fingerprint density at radius 3 is 1.62 bits per heavy atom. The van der Waals surface area contributed by atoms with Crippen molar-refractivity contribution >= 4 is 10.5 Å². The van der Waals surface area contributed by atoms with E-state index in [1.54, 1.807) is 0 Å². The summed E-state index contributed by atoms with van der Waals surface area (Å²) < 4.78 is 6.05. The molecule has 0 aliphatic rings. The first-order chi connectivity index (χ1) is 10.2. The maximum Gasteiger partial charge on any atom is 0.146 e. The van der Waals surface area contributed by atoms with Crippen LogP contribution in [0.2, 0.25) is 0 Å². The van der Waals surface area contributed by atoms with Gasteiger partial charge < -0.3 is 4.43 Å². The Balaban J connectivity index is 2.38. The number of benzene rings is 2. The zero-order chi connectivity index (χ0) is 15.1. The molecule has 0 aliphatic carbocycles. The fraction of sp³-hybridized carbons (Fsp3) is 0.368. The fourth-order valence-electron chi connectivity index (χ4n) is 3.08. The minimum absolute atomic E-state index is 0.0164. The normalized spacial score (nSPS) is 12.0. The molecule has 0 bridgehead atoms. The van der Waals surface area contributed by atoms with Gasteiger partial charge in [-0.1, -0.05) is 74.5 Å². The van der Waals surface area contributed by atoms with Crippen LogP contribution in [-0.4, -0.2) is 16.1 Å². The molecule has 2 heteroatoms. The van der Waals surface area contributed by atoms with Gasteiger partial charge in [0, 0.05) is 5.92 Å². The van der Waals surface area contributed by atoms with Gasteiger partial charge in [0.15, 0.2) is 0 Å². The number of rotatable bonds is 7. The lowest BCUT2D eigenvalue weighted by Gasteiger charge is -2.35. The van der Waals surface area contributed by atoms with Crippen molar-refractivity contribution in [2.24, 2.45) is 0 Å².